The third kappa shape index (κ3) is 2.71. The number of aliphatic hydroxyl groups is 3. The minimum atomic E-state index is -1.64. The maximum atomic E-state index is 10.9. The number of anilines is 1. The Kier molecular flexibility index (Phi) is 4.47. The Morgan fingerprint density at radius 2 is 2.00 bits per heavy atom. The van der Waals surface area contributed by atoms with E-state index in [0.29, 0.717) is 16.8 Å². The molecule has 1 aromatic carbocycles. The van der Waals surface area contributed by atoms with Crippen LogP contribution in [0.15, 0.2) is 36.8 Å². The number of methoxy groups -OCH3 is 1. The van der Waals surface area contributed by atoms with Gasteiger partial charge in [0.05, 0.1) is 19.1 Å². The van der Waals surface area contributed by atoms with Crippen LogP contribution in [-0.4, -0.2) is 61.4 Å². The van der Waals surface area contributed by atoms with E-state index in [1.165, 1.54) is 13.3 Å². The van der Waals surface area contributed by atoms with Crippen LogP contribution in [0.25, 0.3) is 22.2 Å². The number of rotatable bonds is 4. The number of hydrogen-bond acceptors (Lipinski definition) is 8. The molecule has 9 nitrogen and oxygen atoms in total. The lowest BCUT2D eigenvalue weighted by Crippen LogP contribution is -2.44. The van der Waals surface area contributed by atoms with Gasteiger partial charge in [-0.2, -0.15) is 0 Å². The van der Waals surface area contributed by atoms with E-state index in [2.05, 4.69) is 9.97 Å². The molecule has 3 heterocycles. The third-order valence-electron chi connectivity index (χ3n) is 5.23. The Bertz CT molecular complexity index is 1000. The number of nitrogens with zero attached hydrogens (tertiary/aromatic N) is 3. The van der Waals surface area contributed by atoms with Crippen LogP contribution < -0.4 is 10.5 Å². The molecule has 9 heteroatoms. The van der Waals surface area contributed by atoms with Crippen molar-refractivity contribution < 1.29 is 24.8 Å². The summed E-state index contributed by atoms with van der Waals surface area (Å²) in [7, 11) is 1.59. The zero-order chi connectivity index (χ0) is 20.1. The fraction of sp³-hybridized carbons (Fsp3) is 0.368. The summed E-state index contributed by atoms with van der Waals surface area (Å²) in [5, 5.41) is 31.3. The first-order valence-electron chi connectivity index (χ1n) is 8.80. The number of hydrogen-bond donors (Lipinski definition) is 4. The van der Waals surface area contributed by atoms with Gasteiger partial charge in [-0.15, -0.1) is 0 Å². The molecule has 4 atom stereocenters. The van der Waals surface area contributed by atoms with E-state index in [1.54, 1.807) is 17.9 Å². The molecule has 0 aliphatic carbocycles. The number of nitrogens with two attached hydrogens (primary N) is 1. The van der Waals surface area contributed by atoms with Crippen LogP contribution in [-0.2, 0) is 4.74 Å². The van der Waals surface area contributed by atoms with Crippen LogP contribution in [0.4, 0.5) is 5.82 Å². The lowest BCUT2D eigenvalue weighted by molar-refractivity contribution is -0.0948. The molecule has 3 aromatic rings. The predicted molar refractivity (Wildman–Crippen MR) is 102 cm³/mol. The second kappa shape index (κ2) is 6.71. The second-order valence-corrected chi connectivity index (χ2v) is 7.02. The van der Waals surface area contributed by atoms with Crippen LogP contribution in [0.2, 0.25) is 0 Å². The summed E-state index contributed by atoms with van der Waals surface area (Å²) >= 11 is 0. The van der Waals surface area contributed by atoms with Crippen molar-refractivity contribution in [1.82, 2.24) is 14.5 Å². The number of benzene rings is 1. The van der Waals surface area contributed by atoms with Gasteiger partial charge in [0, 0.05) is 11.8 Å². The molecule has 2 unspecified atom stereocenters. The first kappa shape index (κ1) is 18.6. The minimum Gasteiger partial charge on any atom is -0.497 e. The number of aliphatic hydroxyl groups excluding tert-OH is 2. The lowest BCUT2D eigenvalue weighted by atomic mass is 9.96. The summed E-state index contributed by atoms with van der Waals surface area (Å²) in [6, 6.07) is 7.41. The van der Waals surface area contributed by atoms with Crippen LogP contribution >= 0.6 is 0 Å². The quantitative estimate of drug-likeness (QED) is 0.514. The average molecular weight is 386 g/mol. The van der Waals surface area contributed by atoms with Gasteiger partial charge in [0.25, 0.3) is 0 Å². The zero-order valence-corrected chi connectivity index (χ0v) is 15.5. The summed E-state index contributed by atoms with van der Waals surface area (Å²) in [6.07, 6.45) is -0.0632. The predicted octanol–water partition coefficient (Wildman–Crippen LogP) is 0.691. The first-order chi connectivity index (χ1) is 13.4. The van der Waals surface area contributed by atoms with Crippen molar-refractivity contribution in [2.75, 3.05) is 19.5 Å². The molecule has 1 aliphatic rings. The van der Waals surface area contributed by atoms with Crippen LogP contribution in [0.5, 0.6) is 5.75 Å². The topological polar surface area (TPSA) is 136 Å². The molecule has 2 aromatic heterocycles. The highest BCUT2D eigenvalue weighted by Crippen LogP contribution is 2.42. The van der Waals surface area contributed by atoms with Crippen molar-refractivity contribution in [3.8, 4) is 16.9 Å². The van der Waals surface area contributed by atoms with Gasteiger partial charge in [-0.1, -0.05) is 12.1 Å². The molecule has 4 rings (SSSR count). The van der Waals surface area contributed by atoms with Gasteiger partial charge >= 0.3 is 0 Å². The summed E-state index contributed by atoms with van der Waals surface area (Å²) in [6.45, 7) is 1.04. The molecular formula is C19H22N4O5. The fourth-order valence-electron chi connectivity index (χ4n) is 3.67. The van der Waals surface area contributed by atoms with Crippen molar-refractivity contribution in [2.45, 2.75) is 31.0 Å². The normalized spacial score (nSPS) is 27.4. The Labute approximate surface area is 161 Å². The van der Waals surface area contributed by atoms with Crippen molar-refractivity contribution in [3.63, 3.8) is 0 Å². The maximum absolute atomic E-state index is 10.9. The molecule has 0 bridgehead atoms. The highest BCUT2D eigenvalue weighted by atomic mass is 16.6. The second-order valence-electron chi connectivity index (χ2n) is 7.02. The van der Waals surface area contributed by atoms with E-state index in [4.69, 9.17) is 15.2 Å². The average Bonchev–Trinajstić information content (AvgIpc) is 3.18. The number of aromatic nitrogens is 3. The van der Waals surface area contributed by atoms with Gasteiger partial charge in [-0.3, -0.25) is 0 Å². The van der Waals surface area contributed by atoms with E-state index < -0.39 is 30.6 Å². The van der Waals surface area contributed by atoms with Crippen molar-refractivity contribution in [2.24, 2.45) is 0 Å². The van der Waals surface area contributed by atoms with Gasteiger partial charge in [-0.25, -0.2) is 9.97 Å². The molecule has 0 spiro atoms. The molecule has 1 aliphatic heterocycles. The Morgan fingerprint density at radius 3 is 2.61 bits per heavy atom. The summed E-state index contributed by atoms with van der Waals surface area (Å²) in [5.74, 6) is 0.999. The maximum Gasteiger partial charge on any atom is 0.167 e. The van der Waals surface area contributed by atoms with Crippen LogP contribution in [0.3, 0.4) is 0 Å². The monoisotopic (exact) mass is 386 g/mol. The number of ether oxygens (including phenoxy) is 2. The first-order valence-corrected chi connectivity index (χ1v) is 8.80. The van der Waals surface area contributed by atoms with Crippen molar-refractivity contribution in [3.05, 3.63) is 36.8 Å². The SMILES string of the molecule is COc1ccc(-c2cn([C@@H]3O[C@H](CO)C(O)C3(C)O)c3ncnc(N)c23)cc1. The summed E-state index contributed by atoms with van der Waals surface area (Å²) in [5.41, 5.74) is 6.54. The molecule has 1 fully saturated rings. The van der Waals surface area contributed by atoms with Gasteiger partial charge in [0.2, 0.25) is 0 Å². The highest BCUT2D eigenvalue weighted by molar-refractivity contribution is 6.00. The smallest absolute Gasteiger partial charge is 0.167 e. The minimum absolute atomic E-state index is 0.284. The number of nitrogen functional groups attached to an aromatic ring is 1. The Hall–Kier alpha value is -2.72. The largest absolute Gasteiger partial charge is 0.497 e. The van der Waals surface area contributed by atoms with Crippen molar-refractivity contribution >= 4 is 16.9 Å². The van der Waals surface area contributed by atoms with Gasteiger partial charge < -0.3 is 35.1 Å². The molecular weight excluding hydrogens is 364 g/mol. The molecule has 28 heavy (non-hydrogen) atoms. The van der Waals surface area contributed by atoms with E-state index >= 15 is 0 Å². The highest BCUT2D eigenvalue weighted by Gasteiger charge is 2.53. The molecule has 1 saturated heterocycles. The Morgan fingerprint density at radius 1 is 1.29 bits per heavy atom. The van der Waals surface area contributed by atoms with E-state index in [0.717, 1.165) is 11.1 Å². The van der Waals surface area contributed by atoms with Crippen LogP contribution in [0.1, 0.15) is 13.2 Å². The Balaban J connectivity index is 1.90. The molecule has 0 amide bonds. The van der Waals surface area contributed by atoms with Crippen molar-refractivity contribution in [1.29, 1.82) is 0 Å². The lowest BCUT2D eigenvalue weighted by Gasteiger charge is -2.27. The van der Waals surface area contributed by atoms with E-state index in [1.807, 2.05) is 24.3 Å². The molecule has 5 N–H and O–H groups in total. The zero-order valence-electron chi connectivity index (χ0n) is 15.5. The third-order valence-corrected chi connectivity index (χ3v) is 5.23. The molecule has 148 valence electrons. The summed E-state index contributed by atoms with van der Waals surface area (Å²) in [4.78, 5) is 8.41. The standard InChI is InChI=1S/C19H22N4O5/c1-19(26)15(25)13(8-24)28-18(19)23-7-12(10-3-5-11(27-2)6-4-10)14-16(20)21-9-22-17(14)23/h3-7,9,13,15,18,24-26H,8H2,1-2H3,(H2,20,21,22)/t13-,15?,18-,19?/m1/s1. The van der Waals surface area contributed by atoms with Gasteiger partial charge in [-0.05, 0) is 24.6 Å². The molecule has 0 saturated carbocycles. The number of fused-ring (bicyclic) bond motifs is 1. The fourth-order valence-corrected chi connectivity index (χ4v) is 3.67. The molecule has 0 radical (unpaired) electrons. The van der Waals surface area contributed by atoms with Gasteiger partial charge in [0.15, 0.2) is 6.23 Å². The van der Waals surface area contributed by atoms with E-state index in [9.17, 15) is 15.3 Å². The summed E-state index contributed by atoms with van der Waals surface area (Å²) < 4.78 is 12.6. The van der Waals surface area contributed by atoms with Crippen LogP contribution in [0, 0.1) is 0 Å². The van der Waals surface area contributed by atoms with Gasteiger partial charge in [0.1, 0.15) is 41.4 Å². The van der Waals surface area contributed by atoms with E-state index in [-0.39, 0.29) is 5.82 Å².